The number of anilines is 2. The van der Waals surface area contributed by atoms with Crippen LogP contribution in [0.2, 0.25) is 0 Å². The summed E-state index contributed by atoms with van der Waals surface area (Å²) in [7, 11) is 1.59. The largest absolute Gasteiger partial charge is 0.397 e. The second-order valence-corrected chi connectivity index (χ2v) is 4.29. The molecule has 2 aromatic rings. The number of nitrogens with zero attached hydrogens (tertiary/aromatic N) is 2. The van der Waals surface area contributed by atoms with Crippen molar-refractivity contribution in [3.05, 3.63) is 35.5 Å². The molecule has 0 spiro atoms. The fourth-order valence-electron chi connectivity index (χ4n) is 1.75. The first-order valence-electron chi connectivity index (χ1n) is 6.25. The number of benzene rings is 1. The van der Waals surface area contributed by atoms with Gasteiger partial charge < -0.3 is 20.9 Å². The van der Waals surface area contributed by atoms with Crippen LogP contribution in [0, 0.1) is 6.92 Å². The average molecular weight is 275 g/mol. The van der Waals surface area contributed by atoms with Gasteiger partial charge in [0.2, 0.25) is 5.89 Å². The second kappa shape index (κ2) is 6.05. The van der Waals surface area contributed by atoms with Crippen LogP contribution in [0.5, 0.6) is 0 Å². The molecule has 0 unspecified atom stereocenters. The highest BCUT2D eigenvalue weighted by Crippen LogP contribution is 2.20. The number of hydrogen-bond donors (Lipinski definition) is 3. The van der Waals surface area contributed by atoms with Crippen LogP contribution < -0.4 is 16.4 Å². The Bertz CT molecular complexity index is 609. The zero-order chi connectivity index (χ0) is 14.5. The van der Waals surface area contributed by atoms with Gasteiger partial charge in [-0.05, 0) is 18.2 Å². The maximum atomic E-state index is 11.6. The van der Waals surface area contributed by atoms with Crippen molar-refractivity contribution in [1.82, 2.24) is 15.5 Å². The first-order chi connectivity index (χ1) is 9.60. The van der Waals surface area contributed by atoms with Gasteiger partial charge in [-0.1, -0.05) is 5.16 Å². The summed E-state index contributed by atoms with van der Waals surface area (Å²) < 4.78 is 4.89. The van der Waals surface area contributed by atoms with Gasteiger partial charge in [0.25, 0.3) is 5.91 Å². The molecule has 1 aromatic carbocycles. The minimum absolute atomic E-state index is 0.151. The van der Waals surface area contributed by atoms with E-state index in [1.165, 1.54) is 0 Å². The Labute approximate surface area is 116 Å². The third-order valence-corrected chi connectivity index (χ3v) is 2.78. The Morgan fingerprint density at radius 1 is 1.45 bits per heavy atom. The molecule has 20 heavy (non-hydrogen) atoms. The monoisotopic (exact) mass is 275 g/mol. The van der Waals surface area contributed by atoms with Gasteiger partial charge >= 0.3 is 0 Å². The van der Waals surface area contributed by atoms with E-state index in [9.17, 15) is 4.79 Å². The Hall–Kier alpha value is -2.57. The van der Waals surface area contributed by atoms with Gasteiger partial charge in [0.1, 0.15) is 0 Å². The van der Waals surface area contributed by atoms with E-state index in [-0.39, 0.29) is 5.91 Å². The molecule has 0 radical (unpaired) electrons. The number of nitrogens with one attached hydrogen (secondary N) is 2. The van der Waals surface area contributed by atoms with E-state index in [1.54, 1.807) is 32.2 Å². The molecule has 0 saturated carbocycles. The van der Waals surface area contributed by atoms with E-state index in [4.69, 9.17) is 10.3 Å². The smallest absolute Gasteiger partial charge is 0.251 e. The van der Waals surface area contributed by atoms with E-state index in [0.29, 0.717) is 41.6 Å². The van der Waals surface area contributed by atoms with Crippen LogP contribution in [0.1, 0.15) is 22.1 Å². The highest BCUT2D eigenvalue weighted by molar-refractivity contribution is 5.96. The summed E-state index contributed by atoms with van der Waals surface area (Å²) >= 11 is 0. The molecule has 0 atom stereocenters. The van der Waals surface area contributed by atoms with Crippen molar-refractivity contribution in [2.24, 2.45) is 0 Å². The molecule has 1 amide bonds. The molecular formula is C13H17N5O2. The number of carbonyl (C=O) groups excluding carboxylic acids is 1. The highest BCUT2D eigenvalue weighted by Gasteiger charge is 2.07. The van der Waals surface area contributed by atoms with Crippen molar-refractivity contribution in [2.45, 2.75) is 13.3 Å². The van der Waals surface area contributed by atoms with Crippen LogP contribution in [0.4, 0.5) is 11.4 Å². The lowest BCUT2D eigenvalue weighted by Gasteiger charge is -2.10. The van der Waals surface area contributed by atoms with Gasteiger partial charge in [-0.15, -0.1) is 0 Å². The molecule has 4 N–H and O–H groups in total. The minimum Gasteiger partial charge on any atom is -0.397 e. The van der Waals surface area contributed by atoms with E-state index >= 15 is 0 Å². The Balaban J connectivity index is 1.99. The van der Waals surface area contributed by atoms with Crippen molar-refractivity contribution < 1.29 is 9.32 Å². The summed E-state index contributed by atoms with van der Waals surface area (Å²) in [6.07, 6.45) is 0.612. The zero-order valence-corrected chi connectivity index (χ0v) is 11.4. The quantitative estimate of drug-likeness (QED) is 0.702. The molecule has 1 heterocycles. The summed E-state index contributed by atoms with van der Waals surface area (Å²) in [6, 6.07) is 5.10. The molecule has 0 aliphatic rings. The van der Waals surface area contributed by atoms with Crippen molar-refractivity contribution >= 4 is 17.3 Å². The molecule has 0 fully saturated rings. The topological polar surface area (TPSA) is 106 Å². The van der Waals surface area contributed by atoms with E-state index in [0.717, 1.165) is 0 Å². The van der Waals surface area contributed by atoms with Gasteiger partial charge in [0.05, 0.1) is 11.4 Å². The summed E-state index contributed by atoms with van der Waals surface area (Å²) in [5.41, 5.74) is 7.73. The van der Waals surface area contributed by atoms with Crippen LogP contribution in [-0.4, -0.2) is 29.6 Å². The number of rotatable bonds is 5. The first-order valence-corrected chi connectivity index (χ1v) is 6.25. The first kappa shape index (κ1) is 13.9. The van der Waals surface area contributed by atoms with Gasteiger partial charge in [0, 0.05) is 32.5 Å². The summed E-state index contributed by atoms with van der Waals surface area (Å²) in [5.74, 6) is 1.03. The van der Waals surface area contributed by atoms with Crippen molar-refractivity contribution in [2.75, 3.05) is 24.6 Å². The third-order valence-electron chi connectivity index (χ3n) is 2.78. The summed E-state index contributed by atoms with van der Waals surface area (Å²) in [5, 5.41) is 9.54. The molecule has 0 aliphatic heterocycles. The van der Waals surface area contributed by atoms with E-state index < -0.39 is 0 Å². The number of nitrogens with two attached hydrogens (primary N) is 1. The lowest BCUT2D eigenvalue weighted by atomic mass is 10.1. The lowest BCUT2D eigenvalue weighted by Crippen LogP contribution is -2.18. The number of carbonyl (C=O) groups is 1. The molecule has 106 valence electrons. The van der Waals surface area contributed by atoms with Crippen molar-refractivity contribution in [1.29, 1.82) is 0 Å². The molecular weight excluding hydrogens is 258 g/mol. The van der Waals surface area contributed by atoms with Crippen molar-refractivity contribution in [3.8, 4) is 0 Å². The minimum atomic E-state index is -0.151. The van der Waals surface area contributed by atoms with Crippen LogP contribution in [0.15, 0.2) is 22.7 Å². The van der Waals surface area contributed by atoms with E-state index in [2.05, 4.69) is 20.8 Å². The molecule has 2 rings (SSSR count). The Kier molecular flexibility index (Phi) is 4.19. The normalized spacial score (nSPS) is 10.3. The van der Waals surface area contributed by atoms with Gasteiger partial charge in [-0.25, -0.2) is 0 Å². The molecule has 1 aromatic heterocycles. The summed E-state index contributed by atoms with van der Waals surface area (Å²) in [4.78, 5) is 15.7. The number of aromatic nitrogens is 2. The fourth-order valence-corrected chi connectivity index (χ4v) is 1.75. The molecule has 7 heteroatoms. The van der Waals surface area contributed by atoms with Gasteiger partial charge in [-0.2, -0.15) is 4.98 Å². The zero-order valence-electron chi connectivity index (χ0n) is 11.4. The number of nitrogen functional groups attached to an aromatic ring is 1. The predicted molar refractivity (Wildman–Crippen MR) is 75.5 cm³/mol. The van der Waals surface area contributed by atoms with Crippen LogP contribution >= 0.6 is 0 Å². The number of amides is 1. The third kappa shape index (κ3) is 3.25. The SMILES string of the molecule is CNC(=O)c1ccc(N)c(NCCc2noc(C)n2)c1. The average Bonchev–Trinajstić information content (AvgIpc) is 2.85. The highest BCUT2D eigenvalue weighted by atomic mass is 16.5. The fraction of sp³-hybridized carbons (Fsp3) is 0.308. The Morgan fingerprint density at radius 2 is 2.25 bits per heavy atom. The molecule has 0 aliphatic carbocycles. The van der Waals surface area contributed by atoms with Crippen LogP contribution in [0.3, 0.4) is 0 Å². The van der Waals surface area contributed by atoms with Crippen molar-refractivity contribution in [3.63, 3.8) is 0 Å². The molecule has 7 nitrogen and oxygen atoms in total. The number of hydrogen-bond acceptors (Lipinski definition) is 6. The summed E-state index contributed by atoms with van der Waals surface area (Å²) in [6.45, 7) is 2.34. The van der Waals surface area contributed by atoms with E-state index in [1.807, 2.05) is 0 Å². The molecule has 0 bridgehead atoms. The lowest BCUT2D eigenvalue weighted by molar-refractivity contribution is 0.0963. The maximum Gasteiger partial charge on any atom is 0.251 e. The standard InChI is InChI=1S/C13H17N5O2/c1-8-17-12(18-20-8)5-6-16-11-7-9(13(19)15-2)3-4-10(11)14/h3-4,7,16H,5-6,14H2,1-2H3,(H,15,19). The van der Waals surface area contributed by atoms with Gasteiger partial charge in [-0.3, -0.25) is 4.79 Å². The maximum absolute atomic E-state index is 11.6. The number of aryl methyl sites for hydroxylation is 1. The predicted octanol–water partition coefficient (Wildman–Crippen LogP) is 0.974. The van der Waals surface area contributed by atoms with Crippen LogP contribution in [-0.2, 0) is 6.42 Å². The second-order valence-electron chi connectivity index (χ2n) is 4.29. The van der Waals surface area contributed by atoms with Gasteiger partial charge in [0.15, 0.2) is 5.82 Å². The van der Waals surface area contributed by atoms with Crippen LogP contribution in [0.25, 0.3) is 0 Å². The Morgan fingerprint density at radius 3 is 2.90 bits per heavy atom. The molecule has 0 saturated heterocycles.